The molecule has 7 nitrogen and oxygen atoms in total. The van der Waals surface area contributed by atoms with Crippen molar-refractivity contribution in [1.29, 1.82) is 0 Å². The molecule has 1 fully saturated rings. The van der Waals surface area contributed by atoms with Crippen LogP contribution in [-0.2, 0) is 15.3 Å². The van der Waals surface area contributed by atoms with Crippen LogP contribution in [0, 0.1) is 12.7 Å². The van der Waals surface area contributed by atoms with Gasteiger partial charge < -0.3 is 14.1 Å². The average Bonchev–Trinajstić information content (AvgIpc) is 3.42. The SMILES string of the molecule is Cc1cccc(-c2c(Cl)cc3c(nc(Cl)c4cnn([C@H]5CCN(C(=O)OC(C)(C)C)[C@H](CCO[Si](C)(C)C(C)(C)C)C5)c43)c2F)c1C(F)(F)F. The quantitative estimate of drug-likeness (QED) is 0.111. The zero-order valence-corrected chi connectivity index (χ0v) is 32.4. The highest BCUT2D eigenvalue weighted by Crippen LogP contribution is 2.46. The molecular weight excluding hydrogens is 711 g/mol. The molecular formula is C36H44Cl2F4N4O3Si. The second kappa shape index (κ2) is 13.6. The third-order valence-electron chi connectivity index (χ3n) is 9.88. The van der Waals surface area contributed by atoms with E-state index in [2.05, 4.69) is 43.9 Å². The molecule has 0 radical (unpaired) electrons. The van der Waals surface area contributed by atoms with Gasteiger partial charge in [-0.25, -0.2) is 14.2 Å². The van der Waals surface area contributed by atoms with Gasteiger partial charge >= 0.3 is 12.3 Å². The van der Waals surface area contributed by atoms with Crippen LogP contribution < -0.4 is 0 Å². The number of carbonyl (C=O) groups excluding carboxylic acids is 1. The Balaban J connectivity index is 1.58. The number of nitrogens with zero attached hydrogens (tertiary/aromatic N) is 4. The molecule has 4 aromatic rings. The van der Waals surface area contributed by atoms with E-state index in [4.69, 9.17) is 32.4 Å². The molecule has 0 unspecified atom stereocenters. The molecule has 1 aliphatic rings. The van der Waals surface area contributed by atoms with E-state index >= 15 is 4.39 Å². The van der Waals surface area contributed by atoms with Gasteiger partial charge in [0, 0.05) is 30.1 Å². The van der Waals surface area contributed by atoms with Crippen LogP contribution in [0.5, 0.6) is 0 Å². The zero-order valence-electron chi connectivity index (χ0n) is 29.9. The minimum atomic E-state index is -4.75. The standard InChI is InChI=1S/C36H44Cl2F4N4O3Si/c1-20-11-10-12-23(28(20)36(40,41)42)27-26(37)18-24-30(29(27)39)44-32(38)25-19-43-46(31(24)25)22-13-15-45(33(47)49-34(2,3)4)21(17-22)14-16-48-50(8,9)35(5,6)7/h10-12,18-19,21-22H,13-17H2,1-9H3/t21-,22+/m1/s1. The fourth-order valence-corrected chi connectivity index (χ4v) is 7.95. The van der Waals surface area contributed by atoms with Gasteiger partial charge in [-0.1, -0.05) is 62.2 Å². The number of pyridine rings is 1. The van der Waals surface area contributed by atoms with Gasteiger partial charge in [-0.2, -0.15) is 18.3 Å². The molecule has 2 atom stereocenters. The molecule has 1 amide bonds. The lowest BCUT2D eigenvalue weighted by Crippen LogP contribution is -2.49. The number of aromatic nitrogens is 3. The largest absolute Gasteiger partial charge is 0.444 e. The molecule has 0 spiro atoms. The number of amides is 1. The van der Waals surface area contributed by atoms with Crippen molar-refractivity contribution in [3.63, 3.8) is 0 Å². The van der Waals surface area contributed by atoms with Crippen LogP contribution in [0.2, 0.25) is 28.3 Å². The zero-order chi connectivity index (χ0) is 37.1. The number of alkyl halides is 3. The third kappa shape index (κ3) is 7.49. The van der Waals surface area contributed by atoms with E-state index in [1.54, 1.807) is 15.8 Å². The van der Waals surface area contributed by atoms with Crippen LogP contribution in [0.1, 0.15) is 78.0 Å². The highest BCUT2D eigenvalue weighted by Gasteiger charge is 2.40. The van der Waals surface area contributed by atoms with E-state index < -0.39 is 43.1 Å². The molecule has 0 aliphatic carbocycles. The molecule has 2 aromatic carbocycles. The first-order valence-electron chi connectivity index (χ1n) is 16.7. The lowest BCUT2D eigenvalue weighted by Gasteiger charge is -2.41. The summed E-state index contributed by atoms with van der Waals surface area (Å²) < 4.78 is 73.1. The number of halogens is 6. The Morgan fingerprint density at radius 2 is 1.76 bits per heavy atom. The van der Waals surface area contributed by atoms with Crippen molar-refractivity contribution in [2.45, 2.75) is 110 Å². The molecule has 0 saturated carbocycles. The number of hydrogen-bond donors (Lipinski definition) is 0. The molecule has 14 heteroatoms. The Labute approximate surface area is 301 Å². The van der Waals surface area contributed by atoms with Gasteiger partial charge in [0.25, 0.3) is 0 Å². The summed E-state index contributed by atoms with van der Waals surface area (Å²) >= 11 is 13.3. The van der Waals surface area contributed by atoms with Crippen molar-refractivity contribution in [2.24, 2.45) is 0 Å². The molecule has 5 rings (SSSR count). The number of likely N-dealkylation sites (tertiary alicyclic amines) is 1. The number of fused-ring (bicyclic) bond motifs is 3. The highest BCUT2D eigenvalue weighted by molar-refractivity contribution is 6.74. The topological polar surface area (TPSA) is 69.5 Å². The summed E-state index contributed by atoms with van der Waals surface area (Å²) in [7, 11) is -2.06. The monoisotopic (exact) mass is 754 g/mol. The normalized spacial score (nSPS) is 17.9. The van der Waals surface area contributed by atoms with E-state index in [1.165, 1.54) is 31.2 Å². The van der Waals surface area contributed by atoms with E-state index in [9.17, 15) is 18.0 Å². The molecule has 272 valence electrons. The Morgan fingerprint density at radius 1 is 1.08 bits per heavy atom. The molecule has 1 aliphatic heterocycles. The summed E-state index contributed by atoms with van der Waals surface area (Å²) in [5.41, 5.74) is -2.27. The first-order valence-corrected chi connectivity index (χ1v) is 20.3. The van der Waals surface area contributed by atoms with Crippen LogP contribution in [0.15, 0.2) is 30.5 Å². The predicted octanol–water partition coefficient (Wildman–Crippen LogP) is 11.4. The maximum Gasteiger partial charge on any atom is 0.417 e. The first-order chi connectivity index (χ1) is 23.0. The van der Waals surface area contributed by atoms with Crippen molar-refractivity contribution in [2.75, 3.05) is 13.2 Å². The molecule has 2 aromatic heterocycles. The number of carbonyl (C=O) groups is 1. The summed E-state index contributed by atoms with van der Waals surface area (Å²) in [5.74, 6) is -1.01. The van der Waals surface area contributed by atoms with Crippen molar-refractivity contribution in [3.05, 3.63) is 57.6 Å². The average molecular weight is 756 g/mol. The third-order valence-corrected chi connectivity index (χ3v) is 15.0. The van der Waals surface area contributed by atoms with Crippen molar-refractivity contribution in [1.82, 2.24) is 19.7 Å². The van der Waals surface area contributed by atoms with E-state index in [0.29, 0.717) is 43.3 Å². The van der Waals surface area contributed by atoms with Gasteiger partial charge in [-0.15, -0.1) is 0 Å². The van der Waals surface area contributed by atoms with Crippen molar-refractivity contribution < 1.29 is 31.5 Å². The van der Waals surface area contributed by atoms with Crippen molar-refractivity contribution in [3.8, 4) is 11.1 Å². The Bertz CT molecular complexity index is 1940. The first kappa shape index (κ1) is 38.3. The number of piperidine rings is 1. The second-order valence-corrected chi connectivity index (χ2v) is 21.2. The molecule has 50 heavy (non-hydrogen) atoms. The fourth-order valence-electron chi connectivity index (χ4n) is 6.37. The number of benzene rings is 2. The predicted molar refractivity (Wildman–Crippen MR) is 193 cm³/mol. The van der Waals surface area contributed by atoms with Crippen LogP contribution in [0.25, 0.3) is 32.9 Å². The summed E-state index contributed by atoms with van der Waals surface area (Å²) in [6, 6.07) is 4.87. The molecule has 1 saturated heterocycles. The van der Waals surface area contributed by atoms with Gasteiger partial charge in [0.15, 0.2) is 14.1 Å². The van der Waals surface area contributed by atoms with Crippen LogP contribution >= 0.6 is 23.2 Å². The lowest BCUT2D eigenvalue weighted by molar-refractivity contribution is -0.137. The lowest BCUT2D eigenvalue weighted by atomic mass is 9.93. The van der Waals surface area contributed by atoms with Gasteiger partial charge in [0.05, 0.1) is 33.7 Å². The Kier molecular flexibility index (Phi) is 10.4. The van der Waals surface area contributed by atoms with E-state index in [0.717, 1.165) is 0 Å². The minimum absolute atomic E-state index is 0.0132. The smallest absolute Gasteiger partial charge is 0.417 e. The summed E-state index contributed by atoms with van der Waals surface area (Å²) in [6.07, 6.45) is -2.06. The van der Waals surface area contributed by atoms with Gasteiger partial charge in [0.2, 0.25) is 0 Å². The number of rotatable bonds is 6. The van der Waals surface area contributed by atoms with Crippen LogP contribution in [0.4, 0.5) is 22.4 Å². The van der Waals surface area contributed by atoms with Gasteiger partial charge in [0.1, 0.15) is 16.3 Å². The highest BCUT2D eigenvalue weighted by atomic mass is 35.5. The number of ether oxygens (including phenoxy) is 1. The van der Waals surface area contributed by atoms with Crippen LogP contribution in [-0.4, -0.2) is 58.9 Å². The molecule has 0 N–H and O–H groups in total. The van der Waals surface area contributed by atoms with E-state index in [-0.39, 0.29) is 49.3 Å². The number of aryl methyl sites for hydroxylation is 1. The maximum absolute atomic E-state index is 16.5. The molecule has 0 bridgehead atoms. The Morgan fingerprint density at radius 3 is 2.38 bits per heavy atom. The molecule has 3 heterocycles. The maximum atomic E-state index is 16.5. The van der Waals surface area contributed by atoms with Gasteiger partial charge in [-0.05, 0) is 82.3 Å². The Hall–Kier alpha value is -2.93. The fraction of sp³-hybridized carbons (Fsp3) is 0.528. The van der Waals surface area contributed by atoms with Gasteiger partial charge in [-0.3, -0.25) is 4.68 Å². The summed E-state index contributed by atoms with van der Waals surface area (Å²) in [4.78, 5) is 19.4. The summed E-state index contributed by atoms with van der Waals surface area (Å²) in [5, 5.41) is 5.14. The second-order valence-electron chi connectivity index (χ2n) is 15.6. The summed E-state index contributed by atoms with van der Waals surface area (Å²) in [6.45, 7) is 18.5. The van der Waals surface area contributed by atoms with Crippen LogP contribution in [0.3, 0.4) is 0 Å². The number of hydrogen-bond acceptors (Lipinski definition) is 5. The van der Waals surface area contributed by atoms with Crippen molar-refractivity contribution >= 4 is 59.4 Å². The minimum Gasteiger partial charge on any atom is -0.444 e. The van der Waals surface area contributed by atoms with E-state index in [1.807, 2.05) is 20.8 Å².